The van der Waals surface area contributed by atoms with Crippen LogP contribution in [0, 0.1) is 5.92 Å². The lowest BCUT2D eigenvalue weighted by atomic mass is 9.85. The van der Waals surface area contributed by atoms with Gasteiger partial charge in [0, 0.05) is 30.5 Å². The molecule has 1 aromatic carbocycles. The third-order valence-corrected chi connectivity index (χ3v) is 7.34. The Kier molecular flexibility index (Phi) is 6.92. The summed E-state index contributed by atoms with van der Waals surface area (Å²) in [7, 11) is 0. The van der Waals surface area contributed by atoms with E-state index < -0.39 is 29.5 Å². The molecule has 10 heteroatoms. The summed E-state index contributed by atoms with van der Waals surface area (Å²) in [6, 6.07) is 13.3. The number of hydrogen-bond acceptors (Lipinski definition) is 5. The highest BCUT2D eigenvalue weighted by Gasteiger charge is 2.52. The number of rotatable bonds is 6. The number of carbonyl (C=O) groups excluding carboxylic acids is 2. The van der Waals surface area contributed by atoms with Crippen LogP contribution in [0.2, 0.25) is 5.02 Å². The van der Waals surface area contributed by atoms with Gasteiger partial charge < -0.3 is 15.3 Å². The van der Waals surface area contributed by atoms with E-state index in [9.17, 15) is 23.5 Å². The molecule has 7 nitrogen and oxygen atoms in total. The number of anilines is 1. The minimum Gasteiger partial charge on any atom is -0.370 e. The average Bonchev–Trinajstić information content (AvgIpc) is 3.12. The van der Waals surface area contributed by atoms with E-state index in [1.807, 2.05) is 12.1 Å². The molecule has 3 aromatic rings. The van der Waals surface area contributed by atoms with Crippen molar-refractivity contribution >= 4 is 29.1 Å². The van der Waals surface area contributed by atoms with Crippen molar-refractivity contribution in [1.82, 2.24) is 15.3 Å². The molecule has 2 amide bonds. The van der Waals surface area contributed by atoms with Crippen molar-refractivity contribution in [2.75, 3.05) is 11.4 Å². The largest absolute Gasteiger partial charge is 0.370 e. The average molecular weight is 527 g/mol. The van der Waals surface area contributed by atoms with E-state index in [1.165, 1.54) is 6.07 Å². The van der Waals surface area contributed by atoms with Crippen molar-refractivity contribution in [3.8, 4) is 0 Å². The highest BCUT2D eigenvalue weighted by Crippen LogP contribution is 2.44. The van der Waals surface area contributed by atoms with Crippen LogP contribution in [0.5, 0.6) is 0 Å². The molecule has 1 aliphatic heterocycles. The number of amides is 2. The number of fused-ring (bicyclic) bond motifs is 1. The second-order valence-electron chi connectivity index (χ2n) is 9.44. The molecule has 0 bridgehead atoms. The van der Waals surface area contributed by atoms with Crippen molar-refractivity contribution in [2.24, 2.45) is 5.92 Å². The number of halogens is 3. The molecular formula is C27H25ClF2N4O3. The quantitative estimate of drug-likeness (QED) is 0.488. The summed E-state index contributed by atoms with van der Waals surface area (Å²) in [6.45, 7) is 0.416. The summed E-state index contributed by atoms with van der Waals surface area (Å²) in [5.74, 6) is -0.922. The zero-order valence-corrected chi connectivity index (χ0v) is 20.5. The smallest absolute Gasteiger partial charge is 0.281 e. The highest BCUT2D eigenvalue weighted by atomic mass is 35.5. The SMILES string of the molecule is O=C(NC1CCC(CN2C(=O)C(O)(c3ccccn3)c3ccccc32)CC1)c1cc(Cl)cnc1C(F)F. The maximum Gasteiger partial charge on any atom is 0.281 e. The predicted molar refractivity (Wildman–Crippen MR) is 133 cm³/mol. The van der Waals surface area contributed by atoms with E-state index in [0.29, 0.717) is 43.5 Å². The van der Waals surface area contributed by atoms with E-state index in [1.54, 1.807) is 41.4 Å². The summed E-state index contributed by atoms with van der Waals surface area (Å²) in [4.78, 5) is 35.7. The molecule has 0 spiro atoms. The van der Waals surface area contributed by atoms with Gasteiger partial charge in [0.1, 0.15) is 5.69 Å². The van der Waals surface area contributed by atoms with Gasteiger partial charge in [-0.1, -0.05) is 35.9 Å². The van der Waals surface area contributed by atoms with Gasteiger partial charge in [-0.15, -0.1) is 0 Å². The Labute approximate surface area is 217 Å². The topological polar surface area (TPSA) is 95.4 Å². The number of nitrogens with zero attached hydrogens (tertiary/aromatic N) is 3. The number of para-hydroxylation sites is 1. The van der Waals surface area contributed by atoms with Gasteiger partial charge in [0.25, 0.3) is 18.2 Å². The normalized spacial score (nSPS) is 23.3. The van der Waals surface area contributed by atoms with Gasteiger partial charge in [-0.25, -0.2) is 8.78 Å². The van der Waals surface area contributed by atoms with Crippen LogP contribution in [0.1, 0.15) is 59.4 Å². The van der Waals surface area contributed by atoms with Gasteiger partial charge >= 0.3 is 0 Å². The Bertz CT molecular complexity index is 1320. The Balaban J connectivity index is 1.26. The van der Waals surface area contributed by atoms with E-state index in [2.05, 4.69) is 15.3 Å². The Morgan fingerprint density at radius 1 is 1.14 bits per heavy atom. The molecule has 0 saturated heterocycles. The molecule has 192 valence electrons. The third kappa shape index (κ3) is 4.69. The van der Waals surface area contributed by atoms with Crippen LogP contribution in [-0.2, 0) is 10.4 Å². The van der Waals surface area contributed by atoms with Crippen LogP contribution in [0.3, 0.4) is 0 Å². The fraction of sp³-hybridized carbons (Fsp3) is 0.333. The molecule has 0 radical (unpaired) electrons. The lowest BCUT2D eigenvalue weighted by Gasteiger charge is -2.32. The van der Waals surface area contributed by atoms with Crippen molar-refractivity contribution in [2.45, 2.75) is 43.8 Å². The first-order chi connectivity index (χ1) is 17.8. The number of hydrogen-bond donors (Lipinski definition) is 2. The van der Waals surface area contributed by atoms with Crippen molar-refractivity contribution in [1.29, 1.82) is 0 Å². The van der Waals surface area contributed by atoms with Crippen LogP contribution in [0.25, 0.3) is 0 Å². The first-order valence-corrected chi connectivity index (χ1v) is 12.5. The van der Waals surface area contributed by atoms with Gasteiger partial charge in [-0.2, -0.15) is 0 Å². The Morgan fingerprint density at radius 3 is 2.57 bits per heavy atom. The summed E-state index contributed by atoms with van der Waals surface area (Å²) in [5.41, 5.74) is -1.23. The molecule has 5 rings (SSSR count). The van der Waals surface area contributed by atoms with Crippen molar-refractivity contribution in [3.05, 3.63) is 88.5 Å². The highest BCUT2D eigenvalue weighted by molar-refractivity contribution is 6.30. The molecule has 1 aliphatic carbocycles. The molecule has 2 N–H and O–H groups in total. The predicted octanol–water partition coefficient (Wildman–Crippen LogP) is 4.64. The number of aromatic nitrogens is 2. The number of nitrogens with one attached hydrogen (secondary N) is 1. The van der Waals surface area contributed by atoms with Gasteiger partial charge in [-0.05, 0) is 55.9 Å². The van der Waals surface area contributed by atoms with Crippen LogP contribution in [-0.4, -0.2) is 39.5 Å². The first kappa shape index (κ1) is 25.2. The van der Waals surface area contributed by atoms with Crippen LogP contribution >= 0.6 is 11.6 Å². The van der Waals surface area contributed by atoms with E-state index in [0.717, 1.165) is 6.20 Å². The lowest BCUT2D eigenvalue weighted by Crippen LogP contribution is -2.45. The minimum atomic E-state index is -2.89. The van der Waals surface area contributed by atoms with Crippen molar-refractivity contribution < 1.29 is 23.5 Å². The number of alkyl halides is 2. The van der Waals surface area contributed by atoms with Gasteiger partial charge in [-0.3, -0.25) is 19.6 Å². The maximum atomic E-state index is 13.5. The van der Waals surface area contributed by atoms with E-state index in [4.69, 9.17) is 11.6 Å². The van der Waals surface area contributed by atoms with Crippen LogP contribution < -0.4 is 10.2 Å². The molecule has 1 fully saturated rings. The van der Waals surface area contributed by atoms with Crippen LogP contribution in [0.4, 0.5) is 14.5 Å². The fourth-order valence-corrected chi connectivity index (χ4v) is 5.41. The van der Waals surface area contributed by atoms with E-state index in [-0.39, 0.29) is 28.2 Å². The molecule has 1 saturated carbocycles. The lowest BCUT2D eigenvalue weighted by molar-refractivity contribution is -0.132. The van der Waals surface area contributed by atoms with Gasteiger partial charge in [0.05, 0.1) is 22.0 Å². The molecule has 1 atom stereocenters. The van der Waals surface area contributed by atoms with Crippen LogP contribution in [0.15, 0.2) is 60.9 Å². The number of benzene rings is 1. The second-order valence-corrected chi connectivity index (χ2v) is 9.87. The molecule has 2 aliphatic rings. The number of carbonyl (C=O) groups is 2. The summed E-state index contributed by atoms with van der Waals surface area (Å²) in [6.07, 6.45) is 2.44. The molecule has 2 aromatic heterocycles. The van der Waals surface area contributed by atoms with Gasteiger partial charge in [0.15, 0.2) is 0 Å². The fourth-order valence-electron chi connectivity index (χ4n) is 5.26. The third-order valence-electron chi connectivity index (χ3n) is 7.13. The second kappa shape index (κ2) is 10.1. The molecule has 1 unspecified atom stereocenters. The molecule has 3 heterocycles. The Morgan fingerprint density at radius 2 is 1.86 bits per heavy atom. The first-order valence-electron chi connectivity index (χ1n) is 12.1. The summed E-state index contributed by atoms with van der Waals surface area (Å²) >= 11 is 5.87. The minimum absolute atomic E-state index is 0.111. The monoisotopic (exact) mass is 526 g/mol. The zero-order valence-electron chi connectivity index (χ0n) is 19.8. The summed E-state index contributed by atoms with van der Waals surface area (Å²) < 4.78 is 26.6. The van der Waals surface area contributed by atoms with E-state index >= 15 is 0 Å². The zero-order chi connectivity index (χ0) is 26.2. The number of aliphatic hydroxyl groups is 1. The standard InChI is InChI=1S/C27H25ClF2N4O3/c28-17-13-19(23(24(29)30)32-14-17)25(35)33-18-10-8-16(9-11-18)15-34-21-6-2-1-5-20(21)27(37,26(34)36)22-7-3-4-12-31-22/h1-7,12-14,16,18,24,37H,8-11,15H2,(H,33,35). The molecular weight excluding hydrogens is 502 g/mol. The Hall–Kier alpha value is -3.43. The van der Waals surface area contributed by atoms with Gasteiger partial charge in [0.2, 0.25) is 5.60 Å². The summed E-state index contributed by atoms with van der Waals surface area (Å²) in [5, 5.41) is 14.5. The molecule has 37 heavy (non-hydrogen) atoms. The maximum absolute atomic E-state index is 13.5. The number of pyridine rings is 2. The van der Waals surface area contributed by atoms with Crippen molar-refractivity contribution in [3.63, 3.8) is 0 Å².